The molecule has 1 amide bonds. The highest BCUT2D eigenvalue weighted by molar-refractivity contribution is 5.96. The SMILES string of the molecule is CCCCCCCN1CCN(c2cnc(-c3ccc(CC(NC(=O)c4ccc(C(C)(C)C)cc4)C(=O)O)cc3)nc2)CC1. The van der Waals surface area contributed by atoms with Gasteiger partial charge in [0.2, 0.25) is 0 Å². The number of rotatable bonds is 13. The molecule has 230 valence electrons. The standard InChI is InChI=1S/C35H47N5O3/c1-5-6-7-8-9-18-39-19-21-40(22-20-39)30-24-36-32(37-25-30)27-12-10-26(11-13-27)23-31(34(42)43)38-33(41)28-14-16-29(17-15-28)35(2,3)4/h10-17,24-25,31H,5-9,18-23H2,1-4H3,(H,38,41)(H,42,43). The molecular weight excluding hydrogens is 538 g/mol. The zero-order valence-corrected chi connectivity index (χ0v) is 26.2. The molecule has 4 rings (SSSR count). The van der Waals surface area contributed by atoms with Crippen molar-refractivity contribution in [3.63, 3.8) is 0 Å². The average Bonchev–Trinajstić information content (AvgIpc) is 3.01. The summed E-state index contributed by atoms with van der Waals surface area (Å²) in [6, 6.07) is 13.8. The lowest BCUT2D eigenvalue weighted by Crippen LogP contribution is -2.46. The van der Waals surface area contributed by atoms with Crippen molar-refractivity contribution >= 4 is 17.6 Å². The summed E-state index contributed by atoms with van der Waals surface area (Å²) < 4.78 is 0. The van der Waals surface area contributed by atoms with Crippen LogP contribution >= 0.6 is 0 Å². The minimum Gasteiger partial charge on any atom is -0.480 e. The number of hydrogen-bond donors (Lipinski definition) is 2. The Kier molecular flexibility index (Phi) is 11.3. The molecule has 2 N–H and O–H groups in total. The van der Waals surface area contributed by atoms with Crippen molar-refractivity contribution in [2.24, 2.45) is 0 Å². The summed E-state index contributed by atoms with van der Waals surface area (Å²) in [5, 5.41) is 12.5. The van der Waals surface area contributed by atoms with Gasteiger partial charge in [0.15, 0.2) is 5.82 Å². The predicted octanol–water partition coefficient (Wildman–Crippen LogP) is 5.96. The van der Waals surface area contributed by atoms with Gasteiger partial charge in [0.25, 0.3) is 5.91 Å². The predicted molar refractivity (Wildman–Crippen MR) is 173 cm³/mol. The Morgan fingerprint density at radius 1 is 0.884 bits per heavy atom. The molecule has 1 aromatic heterocycles. The maximum atomic E-state index is 12.8. The highest BCUT2D eigenvalue weighted by Gasteiger charge is 2.22. The van der Waals surface area contributed by atoms with Crippen LogP contribution in [0.25, 0.3) is 11.4 Å². The molecule has 0 spiro atoms. The van der Waals surface area contributed by atoms with Gasteiger partial charge in [-0.1, -0.05) is 89.8 Å². The minimum atomic E-state index is -1.07. The number of carboxylic acid groups (broad SMARTS) is 1. The number of hydrogen-bond acceptors (Lipinski definition) is 6. The van der Waals surface area contributed by atoms with E-state index in [1.165, 1.54) is 38.6 Å². The van der Waals surface area contributed by atoms with E-state index in [2.05, 4.69) is 52.8 Å². The second kappa shape index (κ2) is 15.1. The number of unbranched alkanes of at least 4 members (excludes halogenated alkanes) is 4. The van der Waals surface area contributed by atoms with Crippen LogP contribution in [0.5, 0.6) is 0 Å². The average molecular weight is 586 g/mol. The van der Waals surface area contributed by atoms with E-state index < -0.39 is 17.9 Å². The highest BCUT2D eigenvalue weighted by Crippen LogP contribution is 2.23. The van der Waals surface area contributed by atoms with Crippen molar-refractivity contribution in [1.29, 1.82) is 0 Å². The fraction of sp³-hybridized carbons (Fsp3) is 0.486. The molecule has 0 aliphatic carbocycles. The first kappa shape index (κ1) is 32.1. The maximum absolute atomic E-state index is 12.8. The molecule has 1 saturated heterocycles. The Hall–Kier alpha value is -3.78. The topological polar surface area (TPSA) is 98.7 Å². The molecule has 43 heavy (non-hydrogen) atoms. The van der Waals surface area contributed by atoms with Crippen LogP contribution in [0.4, 0.5) is 5.69 Å². The number of aromatic nitrogens is 2. The van der Waals surface area contributed by atoms with Gasteiger partial charge in [-0.25, -0.2) is 14.8 Å². The first-order valence-corrected chi connectivity index (χ1v) is 15.7. The quantitative estimate of drug-likeness (QED) is 0.239. The number of nitrogens with one attached hydrogen (secondary N) is 1. The number of aliphatic carboxylic acids is 1. The number of carbonyl (C=O) groups excluding carboxylic acids is 1. The first-order chi connectivity index (χ1) is 20.6. The number of carboxylic acids is 1. The van der Waals surface area contributed by atoms with Crippen LogP contribution in [0, 0.1) is 0 Å². The van der Waals surface area contributed by atoms with Crippen molar-refractivity contribution in [3.8, 4) is 11.4 Å². The van der Waals surface area contributed by atoms with Crippen LogP contribution in [0.3, 0.4) is 0 Å². The molecule has 1 aliphatic rings. The molecule has 2 heterocycles. The van der Waals surface area contributed by atoms with Crippen molar-refractivity contribution in [1.82, 2.24) is 20.2 Å². The number of carbonyl (C=O) groups is 2. The van der Waals surface area contributed by atoms with E-state index in [-0.39, 0.29) is 11.8 Å². The third-order valence-electron chi connectivity index (χ3n) is 8.22. The van der Waals surface area contributed by atoms with E-state index in [0.29, 0.717) is 11.4 Å². The summed E-state index contributed by atoms with van der Waals surface area (Å²) in [4.78, 5) is 38.9. The summed E-state index contributed by atoms with van der Waals surface area (Å²) in [5.41, 5.74) is 4.23. The number of anilines is 1. The van der Waals surface area contributed by atoms with Gasteiger partial charge in [0, 0.05) is 43.7 Å². The number of nitrogens with zero attached hydrogens (tertiary/aromatic N) is 4. The van der Waals surface area contributed by atoms with E-state index >= 15 is 0 Å². The third-order valence-corrected chi connectivity index (χ3v) is 8.22. The lowest BCUT2D eigenvalue weighted by molar-refractivity contribution is -0.139. The monoisotopic (exact) mass is 585 g/mol. The normalized spacial score (nSPS) is 14.8. The van der Waals surface area contributed by atoms with E-state index in [1.807, 2.05) is 48.8 Å². The van der Waals surface area contributed by atoms with Crippen molar-refractivity contribution < 1.29 is 14.7 Å². The smallest absolute Gasteiger partial charge is 0.326 e. The molecule has 0 bridgehead atoms. The zero-order valence-electron chi connectivity index (χ0n) is 26.2. The second-order valence-electron chi connectivity index (χ2n) is 12.6. The van der Waals surface area contributed by atoms with Crippen molar-refractivity contribution in [2.45, 2.75) is 77.7 Å². The van der Waals surface area contributed by atoms with E-state index in [9.17, 15) is 14.7 Å². The van der Waals surface area contributed by atoms with Gasteiger partial charge in [0.05, 0.1) is 18.1 Å². The van der Waals surface area contributed by atoms with Crippen LogP contribution in [0.15, 0.2) is 60.9 Å². The molecule has 8 nitrogen and oxygen atoms in total. The summed E-state index contributed by atoms with van der Waals surface area (Å²) in [5.74, 6) is -0.847. The summed E-state index contributed by atoms with van der Waals surface area (Å²) >= 11 is 0. The Labute approximate surface area is 256 Å². The molecule has 1 atom stereocenters. The van der Waals surface area contributed by atoms with E-state index in [1.54, 1.807) is 12.1 Å². The van der Waals surface area contributed by atoms with Crippen LogP contribution in [0.2, 0.25) is 0 Å². The van der Waals surface area contributed by atoms with Crippen molar-refractivity contribution in [2.75, 3.05) is 37.6 Å². The van der Waals surface area contributed by atoms with E-state index in [4.69, 9.17) is 0 Å². The maximum Gasteiger partial charge on any atom is 0.326 e. The van der Waals surface area contributed by atoms with Gasteiger partial charge < -0.3 is 15.3 Å². The summed E-state index contributed by atoms with van der Waals surface area (Å²) in [6.07, 6.45) is 10.5. The fourth-order valence-electron chi connectivity index (χ4n) is 5.39. The summed E-state index contributed by atoms with van der Waals surface area (Å²) in [7, 11) is 0. The van der Waals surface area contributed by atoms with Crippen LogP contribution in [-0.2, 0) is 16.6 Å². The number of amides is 1. The third kappa shape index (κ3) is 9.35. The van der Waals surface area contributed by atoms with E-state index in [0.717, 1.165) is 48.6 Å². The summed E-state index contributed by atoms with van der Waals surface area (Å²) in [6.45, 7) is 13.9. The Balaban J connectivity index is 1.29. The molecule has 2 aromatic carbocycles. The number of benzene rings is 2. The molecule has 3 aromatic rings. The largest absolute Gasteiger partial charge is 0.480 e. The molecule has 0 radical (unpaired) electrons. The molecule has 1 aliphatic heterocycles. The molecular formula is C35H47N5O3. The van der Waals surface area contributed by atoms with Gasteiger partial charge in [-0.05, 0) is 41.6 Å². The Bertz CT molecular complexity index is 1310. The fourth-order valence-corrected chi connectivity index (χ4v) is 5.39. The minimum absolute atomic E-state index is 0.0273. The van der Waals surface area contributed by atoms with Crippen LogP contribution in [-0.4, -0.2) is 70.6 Å². The van der Waals surface area contributed by atoms with Gasteiger partial charge >= 0.3 is 5.97 Å². The number of piperazine rings is 1. The second-order valence-corrected chi connectivity index (χ2v) is 12.6. The van der Waals surface area contributed by atoms with Crippen LogP contribution in [0.1, 0.15) is 81.3 Å². The lowest BCUT2D eigenvalue weighted by atomic mass is 9.86. The lowest BCUT2D eigenvalue weighted by Gasteiger charge is -2.35. The van der Waals surface area contributed by atoms with Gasteiger partial charge in [-0.15, -0.1) is 0 Å². The highest BCUT2D eigenvalue weighted by atomic mass is 16.4. The Morgan fingerprint density at radius 3 is 2.09 bits per heavy atom. The molecule has 1 fully saturated rings. The van der Waals surface area contributed by atoms with Crippen LogP contribution < -0.4 is 10.2 Å². The molecule has 8 heteroatoms. The molecule has 0 saturated carbocycles. The zero-order chi connectivity index (χ0) is 30.8. The molecule has 1 unspecified atom stereocenters. The Morgan fingerprint density at radius 2 is 1.51 bits per heavy atom. The van der Waals surface area contributed by atoms with Crippen molar-refractivity contribution in [3.05, 3.63) is 77.6 Å². The van der Waals surface area contributed by atoms with Gasteiger partial charge in [0.1, 0.15) is 6.04 Å². The first-order valence-electron chi connectivity index (χ1n) is 15.7. The van der Waals surface area contributed by atoms with Gasteiger partial charge in [-0.3, -0.25) is 9.69 Å². The van der Waals surface area contributed by atoms with Gasteiger partial charge in [-0.2, -0.15) is 0 Å².